The first-order chi connectivity index (χ1) is 14.1. The summed E-state index contributed by atoms with van der Waals surface area (Å²) in [6.07, 6.45) is 0.685. The standard InChI is InChI=1S/C23H16N2O3S/c26-21(20-12-14-6-1-4-11-19(14)29-20)24-15-7-5-8-16(13-15)25-22(27)17-9-2-3-10-18(17)23(25)28/h1-11,13,20H,12H2,(H,24,26). The molecule has 2 aliphatic heterocycles. The number of benzene rings is 3. The predicted octanol–water partition coefficient (Wildman–Crippen LogP) is 4.14. The minimum Gasteiger partial charge on any atom is -0.325 e. The number of carbonyl (C=O) groups excluding carboxylic acids is 3. The van der Waals surface area contributed by atoms with E-state index in [1.807, 2.05) is 24.3 Å². The average molecular weight is 400 g/mol. The molecule has 3 aromatic rings. The van der Waals surface area contributed by atoms with Gasteiger partial charge in [-0.3, -0.25) is 14.4 Å². The van der Waals surface area contributed by atoms with Crippen molar-refractivity contribution in [2.45, 2.75) is 16.6 Å². The van der Waals surface area contributed by atoms with Gasteiger partial charge in [-0.1, -0.05) is 36.4 Å². The number of hydrogen-bond acceptors (Lipinski definition) is 4. The number of nitrogens with zero attached hydrogens (tertiary/aromatic N) is 1. The SMILES string of the molecule is O=C(Nc1cccc(N2C(=O)c3ccccc3C2=O)c1)C1Cc2ccccc2S1. The number of amides is 3. The molecule has 3 aromatic carbocycles. The Morgan fingerprint density at radius 1 is 0.897 bits per heavy atom. The Morgan fingerprint density at radius 3 is 2.31 bits per heavy atom. The van der Waals surface area contributed by atoms with E-state index in [2.05, 4.69) is 5.32 Å². The molecule has 1 atom stereocenters. The second kappa shape index (κ2) is 6.90. The third-order valence-electron chi connectivity index (χ3n) is 5.11. The van der Waals surface area contributed by atoms with Gasteiger partial charge in [0.05, 0.1) is 22.1 Å². The number of thioether (sulfide) groups is 1. The number of imide groups is 1. The van der Waals surface area contributed by atoms with Gasteiger partial charge < -0.3 is 5.32 Å². The molecule has 1 unspecified atom stereocenters. The van der Waals surface area contributed by atoms with Crippen LogP contribution in [0.15, 0.2) is 77.7 Å². The van der Waals surface area contributed by atoms with Crippen LogP contribution in [0.1, 0.15) is 26.3 Å². The van der Waals surface area contributed by atoms with Crippen molar-refractivity contribution in [1.29, 1.82) is 0 Å². The van der Waals surface area contributed by atoms with Gasteiger partial charge in [0.25, 0.3) is 11.8 Å². The van der Waals surface area contributed by atoms with E-state index in [4.69, 9.17) is 0 Å². The quantitative estimate of drug-likeness (QED) is 0.671. The summed E-state index contributed by atoms with van der Waals surface area (Å²) in [4.78, 5) is 40.4. The number of fused-ring (bicyclic) bond motifs is 2. The van der Waals surface area contributed by atoms with Crippen molar-refractivity contribution < 1.29 is 14.4 Å². The van der Waals surface area contributed by atoms with Crippen LogP contribution < -0.4 is 10.2 Å². The first-order valence-corrected chi connectivity index (χ1v) is 10.1. The Balaban J connectivity index is 1.36. The number of nitrogens with one attached hydrogen (secondary N) is 1. The van der Waals surface area contributed by atoms with Gasteiger partial charge in [-0.15, -0.1) is 11.8 Å². The maximum Gasteiger partial charge on any atom is 0.266 e. The van der Waals surface area contributed by atoms with Gasteiger partial charge in [-0.05, 0) is 48.4 Å². The topological polar surface area (TPSA) is 66.5 Å². The molecule has 0 spiro atoms. The number of hydrogen-bond donors (Lipinski definition) is 1. The highest BCUT2D eigenvalue weighted by Crippen LogP contribution is 2.37. The second-order valence-corrected chi connectivity index (χ2v) is 8.19. The summed E-state index contributed by atoms with van der Waals surface area (Å²) in [6, 6.07) is 21.6. The first-order valence-electron chi connectivity index (χ1n) is 9.25. The zero-order valence-electron chi connectivity index (χ0n) is 15.3. The fourth-order valence-electron chi connectivity index (χ4n) is 3.70. The molecule has 6 heteroatoms. The Kier molecular flexibility index (Phi) is 4.21. The molecule has 0 fully saturated rings. The van der Waals surface area contributed by atoms with Gasteiger partial charge in [0, 0.05) is 10.6 Å². The van der Waals surface area contributed by atoms with E-state index >= 15 is 0 Å². The minimum atomic E-state index is -0.351. The van der Waals surface area contributed by atoms with Crippen molar-refractivity contribution in [1.82, 2.24) is 0 Å². The third kappa shape index (κ3) is 3.02. The van der Waals surface area contributed by atoms with Gasteiger partial charge >= 0.3 is 0 Å². The average Bonchev–Trinajstić information content (AvgIpc) is 3.28. The molecule has 2 heterocycles. The van der Waals surface area contributed by atoms with E-state index in [9.17, 15) is 14.4 Å². The number of carbonyl (C=O) groups is 3. The lowest BCUT2D eigenvalue weighted by Crippen LogP contribution is -2.29. The lowest BCUT2D eigenvalue weighted by molar-refractivity contribution is -0.115. The van der Waals surface area contributed by atoms with Gasteiger partial charge in [-0.25, -0.2) is 4.90 Å². The molecule has 0 saturated carbocycles. The van der Waals surface area contributed by atoms with Crippen LogP contribution in [0.2, 0.25) is 0 Å². The molecule has 0 aliphatic carbocycles. The smallest absolute Gasteiger partial charge is 0.266 e. The van der Waals surface area contributed by atoms with Gasteiger partial charge in [-0.2, -0.15) is 0 Å². The monoisotopic (exact) mass is 400 g/mol. The summed E-state index contributed by atoms with van der Waals surface area (Å²) >= 11 is 1.55. The molecule has 0 bridgehead atoms. The van der Waals surface area contributed by atoms with Crippen molar-refractivity contribution in [2.75, 3.05) is 10.2 Å². The highest BCUT2D eigenvalue weighted by atomic mass is 32.2. The fourth-order valence-corrected chi connectivity index (χ4v) is 4.89. The zero-order chi connectivity index (χ0) is 20.0. The zero-order valence-corrected chi connectivity index (χ0v) is 16.1. The van der Waals surface area contributed by atoms with Gasteiger partial charge in [0.2, 0.25) is 5.91 Å². The van der Waals surface area contributed by atoms with E-state index in [0.717, 1.165) is 9.80 Å². The predicted molar refractivity (Wildman–Crippen MR) is 112 cm³/mol. The molecule has 0 saturated heterocycles. The molecule has 2 aliphatic rings. The van der Waals surface area contributed by atoms with Crippen molar-refractivity contribution >= 4 is 40.9 Å². The van der Waals surface area contributed by atoms with Crippen LogP contribution in [-0.4, -0.2) is 23.0 Å². The molecular formula is C23H16N2O3S. The number of anilines is 2. The highest BCUT2D eigenvalue weighted by Gasteiger charge is 2.36. The van der Waals surface area contributed by atoms with Gasteiger partial charge in [0.1, 0.15) is 0 Å². The Bertz CT molecular complexity index is 1110. The summed E-state index contributed by atoms with van der Waals surface area (Å²) in [7, 11) is 0. The summed E-state index contributed by atoms with van der Waals surface area (Å²) in [5.41, 5.74) is 2.97. The fraction of sp³-hybridized carbons (Fsp3) is 0.0870. The van der Waals surface area contributed by atoms with Crippen LogP contribution in [0.5, 0.6) is 0 Å². The van der Waals surface area contributed by atoms with Crippen molar-refractivity contribution in [3.8, 4) is 0 Å². The van der Waals surface area contributed by atoms with Crippen LogP contribution in [0, 0.1) is 0 Å². The van der Waals surface area contributed by atoms with E-state index in [1.165, 1.54) is 5.56 Å². The second-order valence-electron chi connectivity index (χ2n) is 6.95. The van der Waals surface area contributed by atoms with E-state index in [-0.39, 0.29) is 23.0 Å². The van der Waals surface area contributed by atoms with Crippen LogP contribution in [-0.2, 0) is 11.2 Å². The van der Waals surface area contributed by atoms with Crippen LogP contribution in [0.3, 0.4) is 0 Å². The summed E-state index contributed by atoms with van der Waals surface area (Å²) < 4.78 is 0. The molecular weight excluding hydrogens is 384 g/mol. The molecule has 142 valence electrons. The normalized spacial score (nSPS) is 17.2. The maximum absolute atomic E-state index is 12.7. The summed E-state index contributed by atoms with van der Waals surface area (Å²) in [5.74, 6) is -0.794. The lowest BCUT2D eigenvalue weighted by Gasteiger charge is -2.16. The van der Waals surface area contributed by atoms with E-state index < -0.39 is 0 Å². The summed E-state index contributed by atoms with van der Waals surface area (Å²) in [5, 5.41) is 2.73. The van der Waals surface area contributed by atoms with Crippen LogP contribution in [0.4, 0.5) is 11.4 Å². The van der Waals surface area contributed by atoms with Gasteiger partial charge in [0.15, 0.2) is 0 Å². The molecule has 0 radical (unpaired) electrons. The Hall–Kier alpha value is -3.38. The molecule has 3 amide bonds. The maximum atomic E-state index is 12.7. The van der Waals surface area contributed by atoms with E-state index in [0.29, 0.717) is 28.9 Å². The van der Waals surface area contributed by atoms with Crippen molar-refractivity contribution in [2.24, 2.45) is 0 Å². The highest BCUT2D eigenvalue weighted by molar-refractivity contribution is 8.01. The molecule has 29 heavy (non-hydrogen) atoms. The number of rotatable bonds is 3. The molecule has 1 N–H and O–H groups in total. The molecule has 5 nitrogen and oxygen atoms in total. The Labute approximate surface area is 171 Å². The van der Waals surface area contributed by atoms with Crippen molar-refractivity contribution in [3.05, 3.63) is 89.5 Å². The molecule has 5 rings (SSSR count). The Morgan fingerprint density at radius 2 is 1.59 bits per heavy atom. The third-order valence-corrected chi connectivity index (χ3v) is 6.42. The summed E-state index contributed by atoms with van der Waals surface area (Å²) in [6.45, 7) is 0. The van der Waals surface area contributed by atoms with Crippen LogP contribution >= 0.6 is 11.8 Å². The van der Waals surface area contributed by atoms with Crippen molar-refractivity contribution in [3.63, 3.8) is 0 Å². The first kappa shape index (κ1) is 17.7. The van der Waals surface area contributed by atoms with E-state index in [1.54, 1.807) is 60.3 Å². The lowest BCUT2D eigenvalue weighted by atomic mass is 10.1. The molecule has 0 aromatic heterocycles. The minimum absolute atomic E-state index is 0.0919. The van der Waals surface area contributed by atoms with Crippen LogP contribution in [0.25, 0.3) is 0 Å². The largest absolute Gasteiger partial charge is 0.325 e.